The predicted molar refractivity (Wildman–Crippen MR) is 96.9 cm³/mol. The summed E-state index contributed by atoms with van der Waals surface area (Å²) in [5.41, 5.74) is 2.46. The zero-order valence-electron chi connectivity index (χ0n) is 13.2. The van der Waals surface area contributed by atoms with Crippen molar-refractivity contribution in [3.63, 3.8) is 0 Å². The van der Waals surface area contributed by atoms with E-state index in [1.807, 2.05) is 53.7 Å². The van der Waals surface area contributed by atoms with Crippen molar-refractivity contribution < 1.29 is 4.79 Å². The molecule has 3 heterocycles. The van der Waals surface area contributed by atoms with Crippen molar-refractivity contribution in [2.24, 2.45) is 0 Å². The summed E-state index contributed by atoms with van der Waals surface area (Å²) in [6.45, 7) is 0. The molecule has 1 aromatic carbocycles. The quantitative estimate of drug-likeness (QED) is 0.773. The van der Waals surface area contributed by atoms with E-state index in [1.54, 1.807) is 18.1 Å². The molecule has 0 saturated heterocycles. The molecule has 120 valence electrons. The van der Waals surface area contributed by atoms with Crippen LogP contribution in [0.1, 0.15) is 9.67 Å². The average molecular weight is 337 g/mol. The minimum absolute atomic E-state index is 0.0435. The fourth-order valence-corrected chi connectivity index (χ4v) is 3.56. The molecule has 24 heavy (non-hydrogen) atoms. The highest BCUT2D eigenvalue weighted by Gasteiger charge is 2.29. The van der Waals surface area contributed by atoms with E-state index in [1.165, 1.54) is 11.3 Å². The van der Waals surface area contributed by atoms with Gasteiger partial charge < -0.3 is 15.1 Å². The molecule has 0 atom stereocenters. The Morgan fingerprint density at radius 3 is 2.62 bits per heavy atom. The highest BCUT2D eigenvalue weighted by Crippen LogP contribution is 2.40. The maximum Gasteiger partial charge on any atom is 0.270 e. The van der Waals surface area contributed by atoms with E-state index in [0.29, 0.717) is 22.3 Å². The van der Waals surface area contributed by atoms with E-state index in [-0.39, 0.29) is 5.91 Å². The van der Waals surface area contributed by atoms with Crippen LogP contribution in [0.3, 0.4) is 0 Å². The van der Waals surface area contributed by atoms with Crippen molar-refractivity contribution in [3.05, 3.63) is 52.9 Å². The number of anilines is 5. The summed E-state index contributed by atoms with van der Waals surface area (Å²) < 4.78 is 0. The number of fused-ring (bicyclic) bond motifs is 2. The number of rotatable bonds is 2. The van der Waals surface area contributed by atoms with Crippen LogP contribution in [0, 0.1) is 0 Å². The van der Waals surface area contributed by atoms with Crippen molar-refractivity contribution in [3.8, 4) is 0 Å². The number of benzene rings is 1. The molecule has 1 N–H and O–H groups in total. The van der Waals surface area contributed by atoms with Gasteiger partial charge in [-0.05, 0) is 23.6 Å². The number of carbonyl (C=O) groups excluding carboxylic acids is 1. The number of thiophene rings is 1. The van der Waals surface area contributed by atoms with Gasteiger partial charge in [0.25, 0.3) is 5.91 Å². The summed E-state index contributed by atoms with van der Waals surface area (Å²) in [5.74, 6) is 1.14. The second kappa shape index (κ2) is 5.61. The molecule has 1 aliphatic heterocycles. The zero-order valence-corrected chi connectivity index (χ0v) is 14.0. The number of para-hydroxylation sites is 1. The molecule has 0 aliphatic carbocycles. The Labute approximate surface area is 143 Å². The summed E-state index contributed by atoms with van der Waals surface area (Å²) in [6, 6.07) is 11.7. The Kier molecular flexibility index (Phi) is 3.42. The maximum atomic E-state index is 12.6. The monoisotopic (exact) mass is 337 g/mol. The number of amides is 1. The van der Waals surface area contributed by atoms with Crippen LogP contribution in [0.15, 0.2) is 48.0 Å². The molecule has 2 aromatic heterocycles. The standard InChI is InChI=1S/C17H15N5OS/c1-21-12-8-9-24-14(12)16(23)22(2)13-10-18-17(20-15(13)21)19-11-6-4-3-5-7-11/h3-10H,1-2H3,(H,18,19,20). The number of aromatic nitrogens is 2. The van der Waals surface area contributed by atoms with E-state index in [4.69, 9.17) is 0 Å². The van der Waals surface area contributed by atoms with Crippen LogP contribution in [0.25, 0.3) is 0 Å². The van der Waals surface area contributed by atoms with Crippen LogP contribution in [0.5, 0.6) is 0 Å². The molecule has 3 aromatic rings. The summed E-state index contributed by atoms with van der Waals surface area (Å²) in [7, 11) is 3.66. The highest BCUT2D eigenvalue weighted by atomic mass is 32.1. The molecular formula is C17H15N5OS. The van der Waals surface area contributed by atoms with E-state index < -0.39 is 0 Å². The van der Waals surface area contributed by atoms with Gasteiger partial charge in [0.05, 0.1) is 11.9 Å². The number of nitrogens with zero attached hydrogens (tertiary/aromatic N) is 4. The third-order valence-electron chi connectivity index (χ3n) is 3.96. The van der Waals surface area contributed by atoms with Crippen LogP contribution in [0.4, 0.5) is 28.8 Å². The molecule has 1 amide bonds. The largest absolute Gasteiger partial charge is 0.326 e. The summed E-state index contributed by atoms with van der Waals surface area (Å²) >= 11 is 1.44. The van der Waals surface area contributed by atoms with Crippen molar-refractivity contribution >= 4 is 46.1 Å². The van der Waals surface area contributed by atoms with Gasteiger partial charge >= 0.3 is 0 Å². The second-order valence-electron chi connectivity index (χ2n) is 5.45. The number of carbonyl (C=O) groups is 1. The summed E-state index contributed by atoms with van der Waals surface area (Å²) in [6.07, 6.45) is 1.68. The van der Waals surface area contributed by atoms with Crippen LogP contribution in [-0.4, -0.2) is 30.0 Å². The molecular weight excluding hydrogens is 322 g/mol. The van der Waals surface area contributed by atoms with Crippen molar-refractivity contribution in [2.75, 3.05) is 29.2 Å². The maximum absolute atomic E-state index is 12.6. The Hall–Kier alpha value is -2.93. The topological polar surface area (TPSA) is 61.4 Å². The van der Waals surface area contributed by atoms with Crippen LogP contribution >= 0.6 is 11.3 Å². The highest BCUT2D eigenvalue weighted by molar-refractivity contribution is 7.12. The molecule has 0 bridgehead atoms. The van der Waals surface area contributed by atoms with Crippen LogP contribution in [0.2, 0.25) is 0 Å². The lowest BCUT2D eigenvalue weighted by molar-refractivity contribution is 0.0998. The molecule has 0 fully saturated rings. The van der Waals surface area contributed by atoms with Gasteiger partial charge in [0, 0.05) is 19.8 Å². The first-order valence-electron chi connectivity index (χ1n) is 7.43. The Balaban J connectivity index is 1.79. The van der Waals surface area contributed by atoms with Crippen molar-refractivity contribution in [2.45, 2.75) is 0 Å². The van der Waals surface area contributed by atoms with E-state index in [2.05, 4.69) is 15.3 Å². The van der Waals surface area contributed by atoms with Gasteiger partial charge in [0.1, 0.15) is 10.6 Å². The van der Waals surface area contributed by atoms with Gasteiger partial charge in [-0.1, -0.05) is 18.2 Å². The van der Waals surface area contributed by atoms with Gasteiger partial charge in [0.2, 0.25) is 5.95 Å². The fraction of sp³-hybridized carbons (Fsp3) is 0.118. The summed E-state index contributed by atoms with van der Waals surface area (Å²) in [4.78, 5) is 25.8. The molecule has 0 unspecified atom stereocenters. The minimum Gasteiger partial charge on any atom is -0.326 e. The average Bonchev–Trinajstić information content (AvgIpc) is 3.08. The normalized spacial score (nSPS) is 13.3. The van der Waals surface area contributed by atoms with E-state index in [0.717, 1.165) is 11.4 Å². The Bertz CT molecular complexity index is 908. The fourth-order valence-electron chi connectivity index (χ4n) is 2.66. The smallest absolute Gasteiger partial charge is 0.270 e. The lowest BCUT2D eigenvalue weighted by Gasteiger charge is -2.20. The minimum atomic E-state index is -0.0435. The molecule has 1 aliphatic rings. The number of nitrogens with one attached hydrogen (secondary N) is 1. The molecule has 0 radical (unpaired) electrons. The van der Waals surface area contributed by atoms with E-state index in [9.17, 15) is 4.79 Å². The first kappa shape index (κ1) is 14.6. The van der Waals surface area contributed by atoms with Gasteiger partial charge in [-0.3, -0.25) is 4.79 Å². The summed E-state index contributed by atoms with van der Waals surface area (Å²) in [5, 5.41) is 5.11. The lowest BCUT2D eigenvalue weighted by Crippen LogP contribution is -2.25. The molecule has 4 rings (SSSR count). The Morgan fingerprint density at radius 1 is 1.04 bits per heavy atom. The predicted octanol–water partition coefficient (Wildman–Crippen LogP) is 3.64. The van der Waals surface area contributed by atoms with Crippen molar-refractivity contribution in [1.82, 2.24) is 9.97 Å². The van der Waals surface area contributed by atoms with Gasteiger partial charge in [-0.15, -0.1) is 11.3 Å². The van der Waals surface area contributed by atoms with E-state index >= 15 is 0 Å². The third-order valence-corrected chi connectivity index (χ3v) is 4.86. The molecule has 0 spiro atoms. The molecule has 7 heteroatoms. The second-order valence-corrected chi connectivity index (χ2v) is 6.37. The van der Waals surface area contributed by atoms with Gasteiger partial charge in [0.15, 0.2) is 5.82 Å². The Morgan fingerprint density at radius 2 is 1.83 bits per heavy atom. The number of hydrogen-bond donors (Lipinski definition) is 1. The van der Waals surface area contributed by atoms with Gasteiger partial charge in [-0.25, -0.2) is 4.98 Å². The molecule has 6 nitrogen and oxygen atoms in total. The van der Waals surface area contributed by atoms with Gasteiger partial charge in [-0.2, -0.15) is 4.98 Å². The first-order valence-corrected chi connectivity index (χ1v) is 8.31. The van der Waals surface area contributed by atoms with Crippen LogP contribution < -0.4 is 15.1 Å². The first-order chi connectivity index (χ1) is 11.6. The zero-order chi connectivity index (χ0) is 16.7. The lowest BCUT2D eigenvalue weighted by atomic mass is 10.3. The van der Waals surface area contributed by atoms with Crippen LogP contribution in [-0.2, 0) is 0 Å². The van der Waals surface area contributed by atoms with Crippen molar-refractivity contribution in [1.29, 1.82) is 0 Å². The third kappa shape index (κ3) is 2.30. The molecule has 0 saturated carbocycles. The number of hydrogen-bond acceptors (Lipinski definition) is 6. The SMILES string of the molecule is CN1C(=O)c2sccc2N(C)c2nc(Nc3ccccc3)ncc21.